The molecule has 0 aliphatic carbocycles. The minimum absolute atomic E-state index is 0.262. The van der Waals surface area contributed by atoms with Gasteiger partial charge in [0.1, 0.15) is 5.75 Å². The molecule has 0 N–H and O–H groups in total. The summed E-state index contributed by atoms with van der Waals surface area (Å²) in [7, 11) is 0. The Morgan fingerprint density at radius 3 is 2.60 bits per heavy atom. The van der Waals surface area contributed by atoms with Gasteiger partial charge in [-0.25, -0.2) is 4.98 Å². The summed E-state index contributed by atoms with van der Waals surface area (Å²) < 4.78 is 38.5. The van der Waals surface area contributed by atoms with Crippen LogP contribution in [0.1, 0.15) is 36.4 Å². The summed E-state index contributed by atoms with van der Waals surface area (Å²) in [6.07, 6.45) is 1.57. The lowest BCUT2D eigenvalue weighted by molar-refractivity contribution is 0.469. The third-order valence-corrected chi connectivity index (χ3v) is 4.36. The first kappa shape index (κ1) is 11.6. The van der Waals surface area contributed by atoms with E-state index in [1.54, 1.807) is 18.3 Å². The van der Waals surface area contributed by atoms with Gasteiger partial charge in [0.25, 0.3) is 0 Å². The number of para-hydroxylation sites is 1. The van der Waals surface area contributed by atoms with Crippen molar-refractivity contribution in [2.24, 2.45) is 0 Å². The van der Waals surface area contributed by atoms with Gasteiger partial charge in [-0.15, -0.1) is 0 Å². The van der Waals surface area contributed by atoms with Gasteiger partial charge in [0.05, 0.1) is 5.39 Å². The molecule has 4 rings (SSSR count). The smallest absolute Gasteiger partial charge is 0.227 e. The van der Waals surface area contributed by atoms with E-state index in [2.05, 4.69) is 4.98 Å². The van der Waals surface area contributed by atoms with Crippen LogP contribution in [-0.4, -0.2) is 4.98 Å². The Morgan fingerprint density at radius 2 is 1.84 bits per heavy atom. The zero-order chi connectivity index (χ0) is 20.8. The number of benzene rings is 3. The first-order valence-electron chi connectivity index (χ1n) is 10.2. The van der Waals surface area contributed by atoms with Crippen LogP contribution in [-0.2, 0) is 0 Å². The first-order valence-corrected chi connectivity index (χ1v) is 8.24. The second kappa shape index (κ2) is 6.21. The molecule has 0 aliphatic rings. The van der Waals surface area contributed by atoms with Crippen LogP contribution < -0.4 is 4.74 Å². The quantitative estimate of drug-likeness (QED) is 0.394. The Kier molecular flexibility index (Phi) is 2.89. The molecular formula is C23H21NO. The first-order chi connectivity index (χ1) is 13.6. The van der Waals surface area contributed by atoms with Crippen molar-refractivity contribution in [2.75, 3.05) is 0 Å². The maximum atomic E-state index is 8.39. The van der Waals surface area contributed by atoms with Gasteiger partial charge in [-0.05, 0) is 58.2 Å². The number of hydrogen-bond acceptors (Lipinski definition) is 2. The Labute approximate surface area is 153 Å². The van der Waals surface area contributed by atoms with Gasteiger partial charge < -0.3 is 4.74 Å². The highest BCUT2D eigenvalue weighted by Crippen LogP contribution is 2.36. The number of hydrogen-bond donors (Lipinski definition) is 0. The summed E-state index contributed by atoms with van der Waals surface area (Å²) in [5.41, 5.74) is 1.10. The van der Waals surface area contributed by atoms with Gasteiger partial charge in [0, 0.05) is 11.7 Å². The predicted octanol–water partition coefficient (Wildman–Crippen LogP) is 6.61. The van der Waals surface area contributed by atoms with Crippen LogP contribution in [0.4, 0.5) is 0 Å². The third-order valence-electron chi connectivity index (χ3n) is 4.36. The fourth-order valence-electron chi connectivity index (χ4n) is 3.05. The maximum absolute atomic E-state index is 8.39. The fraction of sp³-hybridized carbons (Fsp3) is 0.174. The van der Waals surface area contributed by atoms with E-state index < -0.39 is 12.7 Å². The van der Waals surface area contributed by atoms with Crippen LogP contribution in [0, 0.1) is 6.85 Å². The average molecular weight is 331 g/mol. The zero-order valence-corrected chi connectivity index (χ0v) is 14.2. The van der Waals surface area contributed by atoms with Crippen LogP contribution >= 0.6 is 0 Å². The van der Waals surface area contributed by atoms with E-state index in [0.29, 0.717) is 22.4 Å². The molecule has 0 unspecified atom stereocenters. The molecule has 0 spiro atoms. The van der Waals surface area contributed by atoms with Gasteiger partial charge in [0.2, 0.25) is 5.88 Å². The van der Waals surface area contributed by atoms with Crippen molar-refractivity contribution in [2.45, 2.75) is 26.6 Å². The SMILES string of the molecule is [2H]C([2H])([2H])c1cc2ccc(C([2H])(C)C)cc2c2c(Oc3ccccc3)nccc12. The largest absolute Gasteiger partial charge is 0.438 e. The van der Waals surface area contributed by atoms with Crippen LogP contribution in [0.25, 0.3) is 21.5 Å². The lowest BCUT2D eigenvalue weighted by Crippen LogP contribution is -1.93. The van der Waals surface area contributed by atoms with Crippen molar-refractivity contribution >= 4 is 21.5 Å². The maximum Gasteiger partial charge on any atom is 0.227 e. The fourth-order valence-corrected chi connectivity index (χ4v) is 3.05. The molecule has 0 saturated heterocycles. The van der Waals surface area contributed by atoms with E-state index in [4.69, 9.17) is 10.2 Å². The van der Waals surface area contributed by atoms with Crippen LogP contribution in [0.3, 0.4) is 0 Å². The molecule has 0 atom stereocenters. The molecule has 0 aliphatic heterocycles. The summed E-state index contributed by atoms with van der Waals surface area (Å²) in [6.45, 7) is 1.38. The minimum Gasteiger partial charge on any atom is -0.438 e. The molecule has 0 bridgehead atoms. The second-order valence-corrected chi connectivity index (χ2v) is 6.31. The van der Waals surface area contributed by atoms with Crippen LogP contribution in [0.2, 0.25) is 0 Å². The molecule has 4 aromatic rings. The van der Waals surface area contributed by atoms with Gasteiger partial charge in [-0.3, -0.25) is 0 Å². The number of ether oxygens (including phenoxy) is 1. The molecule has 1 aromatic heterocycles. The Morgan fingerprint density at radius 1 is 1.00 bits per heavy atom. The standard InChI is InChI=1S/C23H21NO/c1-15(2)17-9-10-18-13-16(3)20-11-12-24-23(22(20)21(18)14-17)25-19-7-5-4-6-8-19/h4-15H,1-3H3/i3D3,15D. The molecule has 2 heteroatoms. The van der Waals surface area contributed by atoms with Gasteiger partial charge >= 0.3 is 0 Å². The Bertz CT molecular complexity index is 1190. The normalized spacial score (nSPS) is 14.6. The van der Waals surface area contributed by atoms with Crippen molar-refractivity contribution in [3.05, 3.63) is 78.0 Å². The van der Waals surface area contributed by atoms with Crippen molar-refractivity contribution < 1.29 is 10.2 Å². The van der Waals surface area contributed by atoms with E-state index in [1.807, 2.05) is 62.4 Å². The number of pyridine rings is 1. The molecular weight excluding hydrogens is 306 g/mol. The van der Waals surface area contributed by atoms with Crippen LogP contribution in [0.15, 0.2) is 66.9 Å². The Hall–Kier alpha value is -2.87. The van der Waals surface area contributed by atoms with E-state index in [0.717, 1.165) is 16.3 Å². The second-order valence-electron chi connectivity index (χ2n) is 6.31. The number of rotatable bonds is 3. The summed E-state index contributed by atoms with van der Waals surface area (Å²) in [6, 6.07) is 18.4. The third kappa shape index (κ3) is 2.85. The van der Waals surface area contributed by atoms with Crippen molar-refractivity contribution in [1.29, 1.82) is 0 Å². The highest BCUT2D eigenvalue weighted by atomic mass is 16.5. The van der Waals surface area contributed by atoms with Gasteiger partial charge in [-0.1, -0.05) is 56.3 Å². The highest BCUT2D eigenvalue weighted by molar-refractivity contribution is 6.11. The predicted molar refractivity (Wildman–Crippen MR) is 105 cm³/mol. The lowest BCUT2D eigenvalue weighted by Gasteiger charge is -2.14. The van der Waals surface area contributed by atoms with Gasteiger partial charge in [0.15, 0.2) is 0 Å². The summed E-state index contributed by atoms with van der Waals surface area (Å²) >= 11 is 0. The van der Waals surface area contributed by atoms with Crippen molar-refractivity contribution in [3.63, 3.8) is 0 Å². The van der Waals surface area contributed by atoms with E-state index >= 15 is 0 Å². The Balaban J connectivity index is 2.09. The van der Waals surface area contributed by atoms with Crippen molar-refractivity contribution in [1.82, 2.24) is 4.98 Å². The average Bonchev–Trinajstić information content (AvgIpc) is 2.66. The highest BCUT2D eigenvalue weighted by Gasteiger charge is 2.13. The molecule has 3 aromatic carbocycles. The molecule has 25 heavy (non-hydrogen) atoms. The summed E-state index contributed by atoms with van der Waals surface area (Å²) in [5, 5.41) is 2.83. The van der Waals surface area contributed by atoms with E-state index in [1.165, 1.54) is 0 Å². The molecule has 1 heterocycles. The number of fused-ring (bicyclic) bond motifs is 3. The number of nitrogens with zero attached hydrogens (tertiary/aromatic N) is 1. The lowest BCUT2D eigenvalue weighted by atomic mass is 9.94. The molecule has 0 saturated carbocycles. The molecule has 0 amide bonds. The van der Waals surface area contributed by atoms with Crippen molar-refractivity contribution in [3.8, 4) is 11.6 Å². The number of aromatic nitrogens is 1. The van der Waals surface area contributed by atoms with Crippen LogP contribution in [0.5, 0.6) is 11.6 Å². The topological polar surface area (TPSA) is 22.1 Å². The number of aryl methyl sites for hydroxylation is 1. The minimum atomic E-state index is -2.27. The molecule has 0 radical (unpaired) electrons. The van der Waals surface area contributed by atoms with E-state index in [9.17, 15) is 0 Å². The van der Waals surface area contributed by atoms with E-state index in [-0.39, 0.29) is 5.56 Å². The summed E-state index contributed by atoms with van der Waals surface area (Å²) in [5.74, 6) is 0.188. The molecule has 124 valence electrons. The summed E-state index contributed by atoms with van der Waals surface area (Å²) in [4.78, 5) is 4.41. The molecule has 0 fully saturated rings. The zero-order valence-electron chi connectivity index (χ0n) is 18.2. The van der Waals surface area contributed by atoms with Gasteiger partial charge in [-0.2, -0.15) is 0 Å². The monoisotopic (exact) mass is 331 g/mol. The molecule has 2 nitrogen and oxygen atoms in total.